The molecule has 92 valence electrons. The van der Waals surface area contributed by atoms with Crippen molar-refractivity contribution in [3.63, 3.8) is 0 Å². The summed E-state index contributed by atoms with van der Waals surface area (Å²) in [6, 6.07) is 9.19. The van der Waals surface area contributed by atoms with Crippen molar-refractivity contribution >= 4 is 33.3 Å². The lowest BCUT2D eigenvalue weighted by molar-refractivity contribution is 0.102. The van der Waals surface area contributed by atoms with Crippen molar-refractivity contribution in [3.05, 3.63) is 52.1 Å². The normalized spacial score (nSPS) is 10.1. The molecule has 0 spiro atoms. The highest BCUT2D eigenvalue weighted by Gasteiger charge is 2.11. The van der Waals surface area contributed by atoms with Crippen LogP contribution in [0.2, 0.25) is 0 Å². The number of benzene rings is 1. The fourth-order valence-corrected chi connectivity index (χ4v) is 1.80. The lowest BCUT2D eigenvalue weighted by Gasteiger charge is -2.07. The van der Waals surface area contributed by atoms with E-state index in [9.17, 15) is 4.79 Å². The first-order valence-electron chi connectivity index (χ1n) is 5.35. The Bertz CT molecular complexity index is 581. The quantitative estimate of drug-likeness (QED) is 0.896. The molecule has 0 aliphatic heterocycles. The zero-order valence-electron chi connectivity index (χ0n) is 9.77. The number of aryl methyl sites for hydroxylation is 1. The smallest absolute Gasteiger partial charge is 0.259 e. The van der Waals surface area contributed by atoms with Gasteiger partial charge in [0.25, 0.3) is 5.91 Å². The molecule has 2 aromatic rings. The summed E-state index contributed by atoms with van der Waals surface area (Å²) < 4.78 is 0.714. The fourth-order valence-electron chi connectivity index (χ4n) is 1.47. The average Bonchev–Trinajstić information content (AvgIpc) is 2.35. The van der Waals surface area contributed by atoms with E-state index in [-0.39, 0.29) is 11.7 Å². The Hall–Kier alpha value is -1.88. The Morgan fingerprint density at radius 2 is 2.00 bits per heavy atom. The van der Waals surface area contributed by atoms with Crippen LogP contribution in [0.1, 0.15) is 15.9 Å². The zero-order chi connectivity index (χ0) is 13.1. The van der Waals surface area contributed by atoms with Crippen LogP contribution in [0, 0.1) is 6.92 Å². The van der Waals surface area contributed by atoms with Gasteiger partial charge in [-0.3, -0.25) is 4.79 Å². The Morgan fingerprint density at radius 3 is 2.67 bits per heavy atom. The van der Waals surface area contributed by atoms with Crippen molar-refractivity contribution in [2.45, 2.75) is 6.92 Å². The van der Waals surface area contributed by atoms with Crippen LogP contribution in [0.5, 0.6) is 0 Å². The van der Waals surface area contributed by atoms with Crippen molar-refractivity contribution in [3.8, 4) is 0 Å². The van der Waals surface area contributed by atoms with Crippen LogP contribution >= 0.6 is 15.9 Å². The number of nitrogens with one attached hydrogen (secondary N) is 1. The molecule has 0 atom stereocenters. The van der Waals surface area contributed by atoms with E-state index in [0.29, 0.717) is 10.0 Å². The summed E-state index contributed by atoms with van der Waals surface area (Å²) in [7, 11) is 0. The maximum atomic E-state index is 12.0. The number of halogens is 1. The minimum Gasteiger partial charge on any atom is -0.383 e. The molecule has 0 bridgehead atoms. The molecule has 5 heteroatoms. The number of carbonyl (C=O) groups excluding carboxylic acids is 1. The summed E-state index contributed by atoms with van der Waals surface area (Å²) in [4.78, 5) is 15.9. The molecule has 3 N–H and O–H groups in total. The molecule has 1 aromatic heterocycles. The first kappa shape index (κ1) is 12.6. The number of hydrogen-bond acceptors (Lipinski definition) is 3. The van der Waals surface area contributed by atoms with Gasteiger partial charge in [0.1, 0.15) is 5.82 Å². The third-order valence-corrected chi connectivity index (χ3v) is 2.87. The predicted octanol–water partition coefficient (Wildman–Crippen LogP) is 2.99. The van der Waals surface area contributed by atoms with E-state index >= 15 is 0 Å². The lowest BCUT2D eigenvalue weighted by Crippen LogP contribution is -2.14. The van der Waals surface area contributed by atoms with E-state index < -0.39 is 0 Å². The van der Waals surface area contributed by atoms with Gasteiger partial charge in [-0.15, -0.1) is 0 Å². The molecule has 0 unspecified atom stereocenters. The van der Waals surface area contributed by atoms with Gasteiger partial charge in [-0.25, -0.2) is 4.98 Å². The first-order valence-corrected chi connectivity index (χ1v) is 6.14. The molecule has 0 saturated heterocycles. The summed E-state index contributed by atoms with van der Waals surface area (Å²) in [6.07, 6.45) is 1.55. The fraction of sp³-hybridized carbons (Fsp3) is 0.0769. The second kappa shape index (κ2) is 5.18. The molecule has 0 saturated carbocycles. The number of rotatable bonds is 2. The number of nitrogens with zero attached hydrogens (tertiary/aromatic N) is 1. The van der Waals surface area contributed by atoms with Crippen LogP contribution in [0.4, 0.5) is 11.5 Å². The van der Waals surface area contributed by atoms with Gasteiger partial charge >= 0.3 is 0 Å². The maximum absolute atomic E-state index is 12.0. The van der Waals surface area contributed by atoms with Crippen molar-refractivity contribution in [2.24, 2.45) is 0 Å². The van der Waals surface area contributed by atoms with Crippen LogP contribution in [0.3, 0.4) is 0 Å². The summed E-state index contributed by atoms with van der Waals surface area (Å²) in [5, 5.41) is 2.77. The SMILES string of the molecule is Cc1ccc(NC(=O)c2cc(Br)cnc2N)cc1. The number of nitrogens with two attached hydrogens (primary N) is 1. The van der Waals surface area contributed by atoms with Crippen molar-refractivity contribution in [1.29, 1.82) is 0 Å². The zero-order valence-corrected chi connectivity index (χ0v) is 11.4. The highest BCUT2D eigenvalue weighted by atomic mass is 79.9. The van der Waals surface area contributed by atoms with E-state index in [1.54, 1.807) is 12.3 Å². The number of hydrogen-bond donors (Lipinski definition) is 2. The van der Waals surface area contributed by atoms with Gasteiger partial charge in [-0.2, -0.15) is 0 Å². The van der Waals surface area contributed by atoms with Crippen LogP contribution < -0.4 is 11.1 Å². The van der Waals surface area contributed by atoms with Gasteiger partial charge < -0.3 is 11.1 Å². The topological polar surface area (TPSA) is 68.0 Å². The largest absolute Gasteiger partial charge is 0.383 e. The van der Waals surface area contributed by atoms with E-state index in [1.807, 2.05) is 31.2 Å². The molecule has 0 aliphatic carbocycles. The van der Waals surface area contributed by atoms with E-state index in [0.717, 1.165) is 11.3 Å². The molecule has 1 heterocycles. The molecule has 1 aromatic carbocycles. The monoisotopic (exact) mass is 305 g/mol. The minimum atomic E-state index is -0.273. The number of nitrogen functional groups attached to an aromatic ring is 1. The Kier molecular flexibility index (Phi) is 3.62. The van der Waals surface area contributed by atoms with E-state index in [1.165, 1.54) is 0 Å². The Balaban J connectivity index is 2.21. The number of pyridine rings is 1. The van der Waals surface area contributed by atoms with Gasteiger partial charge in [0.15, 0.2) is 0 Å². The molecule has 4 nitrogen and oxygen atoms in total. The van der Waals surface area contributed by atoms with Gasteiger partial charge in [0, 0.05) is 16.4 Å². The molecule has 1 amide bonds. The van der Waals surface area contributed by atoms with Crippen molar-refractivity contribution < 1.29 is 4.79 Å². The third-order valence-electron chi connectivity index (χ3n) is 2.44. The lowest BCUT2D eigenvalue weighted by atomic mass is 10.2. The molecule has 2 rings (SSSR count). The summed E-state index contributed by atoms with van der Waals surface area (Å²) >= 11 is 3.26. The number of aromatic nitrogens is 1. The third kappa shape index (κ3) is 2.87. The van der Waals surface area contributed by atoms with E-state index in [4.69, 9.17) is 5.73 Å². The van der Waals surface area contributed by atoms with Gasteiger partial charge in [-0.1, -0.05) is 17.7 Å². The van der Waals surface area contributed by atoms with Crippen LogP contribution in [0.25, 0.3) is 0 Å². The Labute approximate surface area is 113 Å². The molecule has 0 fully saturated rings. The number of carbonyl (C=O) groups is 1. The van der Waals surface area contributed by atoms with Gasteiger partial charge in [-0.05, 0) is 41.1 Å². The molecule has 18 heavy (non-hydrogen) atoms. The average molecular weight is 306 g/mol. The highest BCUT2D eigenvalue weighted by Crippen LogP contribution is 2.17. The summed E-state index contributed by atoms with van der Waals surface area (Å²) in [5.74, 6) is -0.0621. The van der Waals surface area contributed by atoms with Crippen LogP contribution in [-0.4, -0.2) is 10.9 Å². The maximum Gasteiger partial charge on any atom is 0.259 e. The van der Waals surface area contributed by atoms with Gasteiger partial charge in [0.2, 0.25) is 0 Å². The van der Waals surface area contributed by atoms with E-state index in [2.05, 4.69) is 26.2 Å². The van der Waals surface area contributed by atoms with Gasteiger partial charge in [0.05, 0.1) is 5.56 Å². The summed E-state index contributed by atoms with van der Waals surface area (Å²) in [6.45, 7) is 1.99. The molecular weight excluding hydrogens is 294 g/mol. The van der Waals surface area contributed by atoms with Crippen molar-refractivity contribution in [2.75, 3.05) is 11.1 Å². The van der Waals surface area contributed by atoms with Crippen LogP contribution in [-0.2, 0) is 0 Å². The second-order valence-corrected chi connectivity index (χ2v) is 4.82. The molecule has 0 aliphatic rings. The molecular formula is C13H12BrN3O. The minimum absolute atomic E-state index is 0.211. The van der Waals surface area contributed by atoms with Crippen LogP contribution in [0.15, 0.2) is 41.0 Å². The highest BCUT2D eigenvalue weighted by molar-refractivity contribution is 9.10. The number of amides is 1. The van der Waals surface area contributed by atoms with Crippen molar-refractivity contribution in [1.82, 2.24) is 4.98 Å². The number of anilines is 2. The standard InChI is InChI=1S/C13H12BrN3O/c1-8-2-4-10(5-3-8)17-13(18)11-6-9(14)7-16-12(11)15/h2-7H,1H3,(H2,15,16)(H,17,18). The summed E-state index contributed by atoms with van der Waals surface area (Å²) in [5.41, 5.74) is 7.89. The second-order valence-electron chi connectivity index (χ2n) is 3.91. The Morgan fingerprint density at radius 1 is 1.33 bits per heavy atom. The first-order chi connectivity index (χ1) is 8.56. The predicted molar refractivity (Wildman–Crippen MR) is 75.5 cm³/mol. The molecule has 0 radical (unpaired) electrons.